The zero-order valence-electron chi connectivity index (χ0n) is 12.0. The maximum atomic E-state index is 13.0. The number of carbonyl (C=O) groups excluding carboxylic acids is 1. The summed E-state index contributed by atoms with van der Waals surface area (Å²) in [5.74, 6) is -0.560. The van der Waals surface area contributed by atoms with Gasteiger partial charge < -0.3 is 15.8 Å². The lowest BCUT2D eigenvalue weighted by Crippen LogP contribution is -2.36. The van der Waals surface area contributed by atoms with E-state index in [4.69, 9.17) is 10.5 Å². The Morgan fingerprint density at radius 1 is 1.43 bits per heavy atom. The van der Waals surface area contributed by atoms with E-state index in [9.17, 15) is 18.0 Å². The molecule has 1 aromatic rings. The Balaban J connectivity index is 2.94. The molecule has 0 spiro atoms. The maximum absolute atomic E-state index is 13.0. The third-order valence-corrected chi connectivity index (χ3v) is 3.00. The number of ether oxygens (including phenoxy) is 1. The number of halogens is 3. The van der Waals surface area contributed by atoms with E-state index in [2.05, 4.69) is 5.32 Å². The second-order valence-corrected chi connectivity index (χ2v) is 4.65. The predicted octanol–water partition coefficient (Wildman–Crippen LogP) is 3.17. The smallest absolute Gasteiger partial charge is 0.418 e. The van der Waals surface area contributed by atoms with Gasteiger partial charge in [-0.3, -0.25) is 4.79 Å². The second kappa shape index (κ2) is 7.31. The first-order chi connectivity index (χ1) is 9.79. The largest absolute Gasteiger partial charge is 0.497 e. The molecule has 0 heterocycles. The minimum absolute atomic E-state index is 0.0654. The average Bonchev–Trinajstić information content (AvgIpc) is 2.43. The van der Waals surface area contributed by atoms with E-state index in [1.54, 1.807) is 0 Å². The van der Waals surface area contributed by atoms with Gasteiger partial charge in [0.2, 0.25) is 5.91 Å². The van der Waals surface area contributed by atoms with Crippen LogP contribution in [0.3, 0.4) is 0 Å². The standard InChI is InChI=1S/C14H19F3N2O2/c1-3-4-5-11(18)13(20)19-12-7-6-9(21-2)8-10(12)14(15,16)17/h6-8,11H,3-5,18H2,1-2H3,(H,19,20). The van der Waals surface area contributed by atoms with Crippen LogP contribution in [0.25, 0.3) is 0 Å². The van der Waals surface area contributed by atoms with Gasteiger partial charge in [0.15, 0.2) is 0 Å². The zero-order valence-corrected chi connectivity index (χ0v) is 12.0. The molecule has 1 unspecified atom stereocenters. The molecule has 21 heavy (non-hydrogen) atoms. The predicted molar refractivity (Wildman–Crippen MR) is 74.1 cm³/mol. The van der Waals surface area contributed by atoms with Crippen LogP contribution in [-0.4, -0.2) is 19.1 Å². The molecule has 118 valence electrons. The van der Waals surface area contributed by atoms with Crippen LogP contribution < -0.4 is 15.8 Å². The van der Waals surface area contributed by atoms with Gasteiger partial charge in [-0.1, -0.05) is 19.8 Å². The summed E-state index contributed by atoms with van der Waals surface area (Å²) in [5, 5.41) is 2.24. The molecule has 0 aliphatic heterocycles. The first-order valence-electron chi connectivity index (χ1n) is 6.61. The third-order valence-electron chi connectivity index (χ3n) is 3.00. The quantitative estimate of drug-likeness (QED) is 0.848. The minimum atomic E-state index is -4.59. The molecule has 1 aromatic carbocycles. The molecule has 0 bridgehead atoms. The highest BCUT2D eigenvalue weighted by Gasteiger charge is 2.34. The van der Waals surface area contributed by atoms with Gasteiger partial charge in [0.25, 0.3) is 0 Å². The summed E-state index contributed by atoms with van der Waals surface area (Å²) >= 11 is 0. The fourth-order valence-corrected chi connectivity index (χ4v) is 1.77. The van der Waals surface area contributed by atoms with E-state index in [1.807, 2.05) is 6.92 Å². The molecule has 0 fully saturated rings. The van der Waals surface area contributed by atoms with Gasteiger partial charge in [-0.25, -0.2) is 0 Å². The zero-order chi connectivity index (χ0) is 16.0. The van der Waals surface area contributed by atoms with Crippen LogP contribution in [-0.2, 0) is 11.0 Å². The molecule has 0 radical (unpaired) electrons. The summed E-state index contributed by atoms with van der Waals surface area (Å²) in [6, 6.07) is 2.52. The van der Waals surface area contributed by atoms with Crippen molar-refractivity contribution in [2.45, 2.75) is 38.4 Å². The summed E-state index contributed by atoms with van der Waals surface area (Å²) in [7, 11) is 1.27. The molecule has 0 saturated carbocycles. The second-order valence-electron chi connectivity index (χ2n) is 4.65. The molecule has 3 N–H and O–H groups in total. The van der Waals surface area contributed by atoms with Gasteiger partial charge in [0, 0.05) is 0 Å². The number of methoxy groups -OCH3 is 1. The van der Waals surface area contributed by atoms with Crippen molar-refractivity contribution in [3.05, 3.63) is 23.8 Å². The highest BCUT2D eigenvalue weighted by atomic mass is 19.4. The summed E-state index contributed by atoms with van der Waals surface area (Å²) in [6.45, 7) is 1.94. The summed E-state index contributed by atoms with van der Waals surface area (Å²) < 4.78 is 43.7. The first kappa shape index (κ1) is 17.3. The van der Waals surface area contributed by atoms with Crippen molar-refractivity contribution in [3.63, 3.8) is 0 Å². The highest BCUT2D eigenvalue weighted by molar-refractivity contribution is 5.95. The molecule has 0 aliphatic carbocycles. The number of unbranched alkanes of at least 4 members (excludes halogenated alkanes) is 1. The number of alkyl halides is 3. The number of benzene rings is 1. The van der Waals surface area contributed by atoms with Gasteiger partial charge in [-0.2, -0.15) is 13.2 Å². The number of hydrogen-bond acceptors (Lipinski definition) is 3. The molecule has 0 saturated heterocycles. The molecule has 1 amide bonds. The van der Waals surface area contributed by atoms with Gasteiger partial charge in [-0.05, 0) is 24.6 Å². The number of anilines is 1. The molecule has 0 aromatic heterocycles. The fourth-order valence-electron chi connectivity index (χ4n) is 1.77. The topological polar surface area (TPSA) is 64.4 Å². The Morgan fingerprint density at radius 2 is 2.10 bits per heavy atom. The Labute approximate surface area is 121 Å². The Kier molecular flexibility index (Phi) is 6.02. The molecule has 0 aliphatic rings. The van der Waals surface area contributed by atoms with Crippen molar-refractivity contribution in [1.82, 2.24) is 0 Å². The van der Waals surface area contributed by atoms with Crippen LogP contribution >= 0.6 is 0 Å². The van der Waals surface area contributed by atoms with Crippen molar-refractivity contribution < 1.29 is 22.7 Å². The SMILES string of the molecule is CCCCC(N)C(=O)Nc1ccc(OC)cc1C(F)(F)F. The molecule has 7 heteroatoms. The van der Waals surface area contributed by atoms with Crippen LogP contribution in [0.2, 0.25) is 0 Å². The lowest BCUT2D eigenvalue weighted by atomic mass is 10.1. The molecule has 1 rings (SSSR count). The number of carbonyl (C=O) groups is 1. The molecular weight excluding hydrogens is 285 g/mol. The summed E-state index contributed by atoms with van der Waals surface area (Å²) in [6.07, 6.45) is -2.56. The van der Waals surface area contributed by atoms with Crippen LogP contribution in [0.1, 0.15) is 31.7 Å². The maximum Gasteiger partial charge on any atom is 0.418 e. The van der Waals surface area contributed by atoms with E-state index in [0.717, 1.165) is 25.0 Å². The Morgan fingerprint density at radius 3 is 2.62 bits per heavy atom. The van der Waals surface area contributed by atoms with Crippen molar-refractivity contribution in [3.8, 4) is 5.75 Å². The minimum Gasteiger partial charge on any atom is -0.497 e. The monoisotopic (exact) mass is 304 g/mol. The van der Waals surface area contributed by atoms with Crippen LogP contribution in [0.15, 0.2) is 18.2 Å². The van der Waals surface area contributed by atoms with E-state index >= 15 is 0 Å². The van der Waals surface area contributed by atoms with E-state index < -0.39 is 23.7 Å². The number of hydrogen-bond donors (Lipinski definition) is 2. The van der Waals surface area contributed by atoms with Crippen molar-refractivity contribution in [2.24, 2.45) is 5.73 Å². The molecule has 1 atom stereocenters. The van der Waals surface area contributed by atoms with Gasteiger partial charge >= 0.3 is 6.18 Å². The molecule has 4 nitrogen and oxygen atoms in total. The van der Waals surface area contributed by atoms with Gasteiger partial charge in [0.1, 0.15) is 5.75 Å². The number of rotatable bonds is 6. The van der Waals surface area contributed by atoms with Crippen LogP contribution in [0.4, 0.5) is 18.9 Å². The Bertz CT molecular complexity index is 490. The van der Waals surface area contributed by atoms with Gasteiger partial charge in [-0.15, -0.1) is 0 Å². The highest BCUT2D eigenvalue weighted by Crippen LogP contribution is 2.37. The first-order valence-corrected chi connectivity index (χ1v) is 6.61. The average molecular weight is 304 g/mol. The van der Waals surface area contributed by atoms with E-state index in [-0.39, 0.29) is 11.4 Å². The summed E-state index contributed by atoms with van der Waals surface area (Å²) in [4.78, 5) is 11.8. The van der Waals surface area contributed by atoms with Crippen LogP contribution in [0.5, 0.6) is 5.75 Å². The van der Waals surface area contributed by atoms with E-state index in [0.29, 0.717) is 6.42 Å². The number of amides is 1. The summed E-state index contributed by atoms with van der Waals surface area (Å²) in [5.41, 5.74) is 4.37. The lowest BCUT2D eigenvalue weighted by Gasteiger charge is -2.17. The van der Waals surface area contributed by atoms with E-state index in [1.165, 1.54) is 13.2 Å². The number of nitrogens with one attached hydrogen (secondary N) is 1. The number of nitrogens with two attached hydrogens (primary N) is 1. The normalized spacial score (nSPS) is 12.9. The molecular formula is C14H19F3N2O2. The fraction of sp³-hybridized carbons (Fsp3) is 0.500. The Hall–Kier alpha value is -1.76. The van der Waals surface area contributed by atoms with Crippen molar-refractivity contribution in [1.29, 1.82) is 0 Å². The lowest BCUT2D eigenvalue weighted by molar-refractivity contribution is -0.137. The third kappa shape index (κ3) is 4.93. The van der Waals surface area contributed by atoms with Crippen molar-refractivity contribution >= 4 is 11.6 Å². The van der Waals surface area contributed by atoms with Gasteiger partial charge in [0.05, 0.1) is 24.4 Å². The van der Waals surface area contributed by atoms with Crippen LogP contribution in [0, 0.1) is 0 Å². The van der Waals surface area contributed by atoms with Crippen molar-refractivity contribution in [2.75, 3.05) is 12.4 Å².